The van der Waals surface area contributed by atoms with Crippen LogP contribution in [0.2, 0.25) is 0 Å². The Morgan fingerprint density at radius 2 is 1.83 bits per heavy atom. The van der Waals surface area contributed by atoms with Crippen molar-refractivity contribution in [2.24, 2.45) is 17.3 Å². The predicted molar refractivity (Wildman–Crippen MR) is 81.9 cm³/mol. The molecule has 1 aliphatic rings. The van der Waals surface area contributed by atoms with Crippen molar-refractivity contribution in [2.45, 2.75) is 79.1 Å². The first kappa shape index (κ1) is 16.0. The maximum Gasteiger partial charge on any atom is 0.000761 e. The van der Waals surface area contributed by atoms with Gasteiger partial charge in [0, 0.05) is 6.54 Å². The van der Waals surface area contributed by atoms with Gasteiger partial charge < -0.3 is 5.32 Å². The van der Waals surface area contributed by atoms with Crippen LogP contribution in [0, 0.1) is 17.3 Å². The summed E-state index contributed by atoms with van der Waals surface area (Å²) in [7, 11) is 0. The average Bonchev–Trinajstić information content (AvgIpc) is 2.38. The van der Waals surface area contributed by atoms with Gasteiger partial charge in [-0.25, -0.2) is 0 Å². The molecule has 1 rings (SSSR count). The van der Waals surface area contributed by atoms with Crippen molar-refractivity contribution in [2.75, 3.05) is 13.1 Å². The van der Waals surface area contributed by atoms with Gasteiger partial charge in [-0.15, -0.1) is 0 Å². The van der Waals surface area contributed by atoms with Crippen molar-refractivity contribution in [1.29, 1.82) is 0 Å². The molecule has 1 saturated carbocycles. The second kappa shape index (κ2) is 8.19. The quantitative estimate of drug-likeness (QED) is 0.600. The minimum absolute atomic E-state index is 0.493. The molecule has 0 aromatic carbocycles. The zero-order chi connectivity index (χ0) is 13.4. The Morgan fingerprint density at radius 3 is 2.39 bits per heavy atom. The molecule has 0 amide bonds. The van der Waals surface area contributed by atoms with E-state index in [1.54, 1.807) is 0 Å². The molecule has 1 nitrogen and oxygen atoms in total. The van der Waals surface area contributed by atoms with Crippen LogP contribution in [-0.4, -0.2) is 13.1 Å². The van der Waals surface area contributed by atoms with E-state index in [2.05, 4.69) is 33.0 Å². The lowest BCUT2D eigenvalue weighted by Gasteiger charge is -2.36. The van der Waals surface area contributed by atoms with Gasteiger partial charge in [0.15, 0.2) is 0 Å². The maximum absolute atomic E-state index is 3.64. The molecule has 1 N–H and O–H groups in total. The predicted octanol–water partition coefficient (Wildman–Crippen LogP) is 5.01. The molecule has 108 valence electrons. The van der Waals surface area contributed by atoms with Gasteiger partial charge in [0.1, 0.15) is 0 Å². The summed E-state index contributed by atoms with van der Waals surface area (Å²) >= 11 is 0. The summed E-state index contributed by atoms with van der Waals surface area (Å²) in [5.74, 6) is 1.81. The van der Waals surface area contributed by atoms with E-state index >= 15 is 0 Å². The molecule has 0 bridgehead atoms. The molecular weight excluding hydrogens is 218 g/mol. The first-order chi connectivity index (χ1) is 8.58. The molecule has 0 saturated heterocycles. The molecule has 1 aliphatic carbocycles. The lowest BCUT2D eigenvalue weighted by Crippen LogP contribution is -2.37. The van der Waals surface area contributed by atoms with E-state index in [-0.39, 0.29) is 0 Å². The fourth-order valence-corrected chi connectivity index (χ4v) is 3.14. The average molecular weight is 253 g/mol. The van der Waals surface area contributed by atoms with Gasteiger partial charge >= 0.3 is 0 Å². The number of hydrogen-bond donors (Lipinski definition) is 1. The highest BCUT2D eigenvalue weighted by Crippen LogP contribution is 2.36. The van der Waals surface area contributed by atoms with Gasteiger partial charge in [-0.3, -0.25) is 0 Å². The maximum atomic E-state index is 3.64. The monoisotopic (exact) mass is 253 g/mol. The van der Waals surface area contributed by atoms with Crippen LogP contribution in [0.25, 0.3) is 0 Å². The summed E-state index contributed by atoms with van der Waals surface area (Å²) in [4.78, 5) is 0. The van der Waals surface area contributed by atoms with Gasteiger partial charge in [-0.05, 0) is 43.1 Å². The van der Waals surface area contributed by atoms with Crippen LogP contribution in [0.4, 0.5) is 0 Å². The van der Waals surface area contributed by atoms with E-state index in [1.807, 2.05) is 0 Å². The molecule has 0 aromatic heterocycles. The minimum atomic E-state index is 0.493. The molecule has 0 radical (unpaired) electrons. The first-order valence-corrected chi connectivity index (χ1v) is 8.29. The van der Waals surface area contributed by atoms with E-state index in [9.17, 15) is 0 Å². The van der Waals surface area contributed by atoms with Crippen molar-refractivity contribution in [3.63, 3.8) is 0 Å². The van der Waals surface area contributed by atoms with Crippen LogP contribution in [-0.2, 0) is 0 Å². The van der Waals surface area contributed by atoms with Gasteiger partial charge in [-0.2, -0.15) is 0 Å². The van der Waals surface area contributed by atoms with Crippen LogP contribution in [0.3, 0.4) is 0 Å². The molecule has 1 unspecified atom stereocenters. The minimum Gasteiger partial charge on any atom is -0.316 e. The Balaban J connectivity index is 2.35. The van der Waals surface area contributed by atoms with Gasteiger partial charge in [0.2, 0.25) is 0 Å². The van der Waals surface area contributed by atoms with E-state index < -0.39 is 0 Å². The largest absolute Gasteiger partial charge is 0.316 e. The lowest BCUT2D eigenvalue weighted by molar-refractivity contribution is 0.166. The zero-order valence-corrected chi connectivity index (χ0v) is 13.2. The molecule has 1 fully saturated rings. The second-order valence-corrected chi connectivity index (χ2v) is 7.03. The van der Waals surface area contributed by atoms with Crippen molar-refractivity contribution in [3.8, 4) is 0 Å². The molecule has 1 heteroatoms. The summed E-state index contributed by atoms with van der Waals surface area (Å²) < 4.78 is 0. The lowest BCUT2D eigenvalue weighted by atomic mass is 9.72. The third-order valence-electron chi connectivity index (χ3n) is 5.20. The summed E-state index contributed by atoms with van der Waals surface area (Å²) in [5.41, 5.74) is 0.493. The van der Waals surface area contributed by atoms with E-state index in [1.165, 1.54) is 64.5 Å². The second-order valence-electron chi connectivity index (χ2n) is 7.03. The van der Waals surface area contributed by atoms with Gasteiger partial charge in [0.25, 0.3) is 0 Å². The highest BCUT2D eigenvalue weighted by Gasteiger charge is 2.28. The molecule has 1 atom stereocenters. The number of hydrogen-bond acceptors (Lipinski definition) is 1. The van der Waals surface area contributed by atoms with Crippen molar-refractivity contribution >= 4 is 0 Å². The van der Waals surface area contributed by atoms with Crippen LogP contribution in [0.5, 0.6) is 0 Å². The SMILES string of the molecule is CCCNCC(C)(CCC1CCCCC1)C(C)C. The highest BCUT2D eigenvalue weighted by atomic mass is 14.9. The first-order valence-electron chi connectivity index (χ1n) is 8.29. The Bertz CT molecular complexity index is 206. The fraction of sp³-hybridized carbons (Fsp3) is 1.00. The molecule has 0 aliphatic heterocycles. The number of rotatable bonds is 8. The van der Waals surface area contributed by atoms with E-state index in [0.717, 1.165) is 11.8 Å². The summed E-state index contributed by atoms with van der Waals surface area (Å²) in [6, 6.07) is 0. The highest BCUT2D eigenvalue weighted by molar-refractivity contribution is 4.82. The number of nitrogens with one attached hydrogen (secondary N) is 1. The normalized spacial score (nSPS) is 21.2. The standard InChI is InChI=1S/C17H35N/c1-5-13-18-14-17(4,15(2)3)12-11-16-9-7-6-8-10-16/h15-16,18H,5-14H2,1-4H3. The Hall–Kier alpha value is -0.0400. The topological polar surface area (TPSA) is 12.0 Å². The van der Waals surface area contributed by atoms with Crippen LogP contribution in [0.15, 0.2) is 0 Å². The van der Waals surface area contributed by atoms with E-state index in [4.69, 9.17) is 0 Å². The van der Waals surface area contributed by atoms with Gasteiger partial charge in [0.05, 0.1) is 0 Å². The zero-order valence-electron chi connectivity index (χ0n) is 13.2. The summed E-state index contributed by atoms with van der Waals surface area (Å²) in [6.07, 6.45) is 11.6. The molecule has 18 heavy (non-hydrogen) atoms. The van der Waals surface area contributed by atoms with Crippen LogP contribution < -0.4 is 5.32 Å². The van der Waals surface area contributed by atoms with E-state index in [0.29, 0.717) is 5.41 Å². The molecule has 0 heterocycles. The smallest absolute Gasteiger partial charge is 0.000761 e. The van der Waals surface area contributed by atoms with Crippen LogP contribution >= 0.6 is 0 Å². The van der Waals surface area contributed by atoms with Crippen molar-refractivity contribution in [1.82, 2.24) is 5.32 Å². The van der Waals surface area contributed by atoms with Crippen molar-refractivity contribution < 1.29 is 0 Å². The van der Waals surface area contributed by atoms with Crippen molar-refractivity contribution in [3.05, 3.63) is 0 Å². The molecule has 0 aromatic rings. The molecular formula is C17H35N. The third-order valence-corrected chi connectivity index (χ3v) is 5.20. The summed E-state index contributed by atoms with van der Waals surface area (Å²) in [5, 5.41) is 3.64. The Labute approximate surface area is 115 Å². The Kier molecular flexibility index (Phi) is 7.29. The van der Waals surface area contributed by atoms with Gasteiger partial charge in [-0.1, -0.05) is 59.8 Å². The fourth-order valence-electron chi connectivity index (χ4n) is 3.14. The Morgan fingerprint density at radius 1 is 1.17 bits per heavy atom. The molecule has 0 spiro atoms. The van der Waals surface area contributed by atoms with Crippen LogP contribution in [0.1, 0.15) is 79.1 Å². The third kappa shape index (κ3) is 5.30. The summed E-state index contributed by atoms with van der Waals surface area (Å²) in [6.45, 7) is 11.9.